The molecular formula is C19H26N2O3S. The van der Waals surface area contributed by atoms with Crippen LogP contribution in [0.2, 0.25) is 0 Å². The Labute approximate surface area is 150 Å². The van der Waals surface area contributed by atoms with Crippen molar-refractivity contribution >= 4 is 27.7 Å². The molecule has 3 rings (SSSR count). The molecule has 1 heterocycles. The van der Waals surface area contributed by atoms with Gasteiger partial charge in [0.1, 0.15) is 0 Å². The van der Waals surface area contributed by atoms with Gasteiger partial charge in [0.25, 0.3) is 0 Å². The molecule has 0 spiro atoms. The summed E-state index contributed by atoms with van der Waals surface area (Å²) in [6.45, 7) is 0.863. The molecule has 1 saturated heterocycles. The van der Waals surface area contributed by atoms with Crippen molar-refractivity contribution in [1.29, 1.82) is 0 Å². The molecule has 2 atom stereocenters. The minimum Gasteiger partial charge on any atom is -0.336 e. The highest BCUT2D eigenvalue weighted by Crippen LogP contribution is 2.35. The third-order valence-corrected chi connectivity index (χ3v) is 5.77. The van der Waals surface area contributed by atoms with E-state index in [0.717, 1.165) is 31.2 Å². The van der Waals surface area contributed by atoms with Crippen LogP contribution in [0.3, 0.4) is 0 Å². The molecule has 2 aliphatic rings. The summed E-state index contributed by atoms with van der Waals surface area (Å²) in [5.74, 6) is 0.774. The van der Waals surface area contributed by atoms with Crippen molar-refractivity contribution in [2.75, 3.05) is 17.5 Å². The van der Waals surface area contributed by atoms with Crippen LogP contribution in [0.1, 0.15) is 44.1 Å². The van der Waals surface area contributed by atoms with Gasteiger partial charge in [-0.25, -0.2) is 8.42 Å². The second-order valence-electron chi connectivity index (χ2n) is 7.12. The number of likely N-dealkylation sites (tertiary alicyclic amines) is 1. The fourth-order valence-corrected chi connectivity index (χ4v) is 4.60. The smallest absolute Gasteiger partial charge is 0.246 e. The van der Waals surface area contributed by atoms with Crippen LogP contribution in [0.25, 0.3) is 6.08 Å². The minimum atomic E-state index is -3.27. The van der Waals surface area contributed by atoms with Crippen molar-refractivity contribution < 1.29 is 13.2 Å². The third-order valence-electron chi connectivity index (χ3n) is 5.16. The Hall–Kier alpha value is -1.82. The van der Waals surface area contributed by atoms with Gasteiger partial charge in [-0.2, -0.15) is 0 Å². The number of amides is 1. The van der Waals surface area contributed by atoms with Crippen molar-refractivity contribution in [3.05, 3.63) is 35.9 Å². The van der Waals surface area contributed by atoms with Gasteiger partial charge in [-0.3, -0.25) is 9.52 Å². The van der Waals surface area contributed by atoms with E-state index in [2.05, 4.69) is 9.62 Å². The van der Waals surface area contributed by atoms with E-state index in [0.29, 0.717) is 17.6 Å². The standard InChI is InChI=1S/C19H26N2O3S/c1-25(23,24)20-17-11-8-15(9-12-17)10-13-19(22)21-14-4-6-16-5-2-3-7-18(16)21/h8-13,16,18,20H,2-7,14H2,1H3/b13-10+. The van der Waals surface area contributed by atoms with Crippen LogP contribution >= 0.6 is 0 Å². The Bertz CT molecular complexity index is 738. The Kier molecular flexibility index (Phi) is 5.47. The molecule has 25 heavy (non-hydrogen) atoms. The summed E-state index contributed by atoms with van der Waals surface area (Å²) in [6.07, 6.45) is 11.9. The summed E-state index contributed by atoms with van der Waals surface area (Å²) in [5, 5.41) is 0. The SMILES string of the molecule is CS(=O)(=O)Nc1ccc(/C=C/C(=O)N2CCCC3CCCCC32)cc1. The maximum absolute atomic E-state index is 12.6. The first-order valence-electron chi connectivity index (χ1n) is 8.99. The topological polar surface area (TPSA) is 66.5 Å². The zero-order valence-electron chi connectivity index (χ0n) is 14.6. The minimum absolute atomic E-state index is 0.0925. The molecule has 1 aromatic rings. The van der Waals surface area contributed by atoms with E-state index < -0.39 is 10.0 Å². The van der Waals surface area contributed by atoms with Gasteiger partial charge in [0, 0.05) is 24.4 Å². The van der Waals surface area contributed by atoms with Crippen LogP contribution in [-0.4, -0.2) is 38.1 Å². The lowest BCUT2D eigenvalue weighted by Crippen LogP contribution is -2.49. The fourth-order valence-electron chi connectivity index (χ4n) is 4.04. The third kappa shape index (κ3) is 4.84. The zero-order valence-corrected chi connectivity index (χ0v) is 15.5. The zero-order chi connectivity index (χ0) is 17.9. The van der Waals surface area contributed by atoms with Gasteiger partial charge < -0.3 is 4.90 Å². The molecule has 0 bridgehead atoms. The number of benzene rings is 1. The average molecular weight is 362 g/mol. The lowest BCUT2D eigenvalue weighted by Gasteiger charge is -2.43. The Morgan fingerprint density at radius 1 is 1.12 bits per heavy atom. The second kappa shape index (κ2) is 7.60. The lowest BCUT2D eigenvalue weighted by molar-refractivity contribution is -0.132. The Morgan fingerprint density at radius 2 is 1.80 bits per heavy atom. The largest absolute Gasteiger partial charge is 0.336 e. The summed E-state index contributed by atoms with van der Waals surface area (Å²) < 4.78 is 24.9. The van der Waals surface area contributed by atoms with Crippen molar-refractivity contribution in [1.82, 2.24) is 4.90 Å². The van der Waals surface area contributed by atoms with Crippen LogP contribution in [0, 0.1) is 5.92 Å². The molecule has 0 radical (unpaired) electrons. The number of nitrogens with zero attached hydrogens (tertiary/aromatic N) is 1. The van der Waals surface area contributed by atoms with E-state index in [1.165, 1.54) is 25.7 Å². The summed E-state index contributed by atoms with van der Waals surface area (Å²) >= 11 is 0. The highest BCUT2D eigenvalue weighted by atomic mass is 32.2. The van der Waals surface area contributed by atoms with Crippen molar-refractivity contribution in [3.63, 3.8) is 0 Å². The number of anilines is 1. The molecular weight excluding hydrogens is 336 g/mol. The number of carbonyl (C=O) groups is 1. The molecule has 2 fully saturated rings. The maximum Gasteiger partial charge on any atom is 0.246 e. The number of hydrogen-bond donors (Lipinski definition) is 1. The first-order chi connectivity index (χ1) is 11.9. The van der Waals surface area contributed by atoms with Gasteiger partial charge in [0.05, 0.1) is 6.26 Å². The van der Waals surface area contributed by atoms with Crippen LogP contribution in [0.4, 0.5) is 5.69 Å². The maximum atomic E-state index is 12.6. The molecule has 1 aliphatic carbocycles. The summed E-state index contributed by atoms with van der Waals surface area (Å²) in [7, 11) is -3.27. The van der Waals surface area contributed by atoms with Crippen LogP contribution < -0.4 is 4.72 Å². The highest BCUT2D eigenvalue weighted by molar-refractivity contribution is 7.92. The van der Waals surface area contributed by atoms with Gasteiger partial charge in [-0.15, -0.1) is 0 Å². The number of fused-ring (bicyclic) bond motifs is 1. The van der Waals surface area contributed by atoms with Gasteiger partial charge in [0.15, 0.2) is 0 Å². The molecule has 1 saturated carbocycles. The van der Waals surface area contributed by atoms with Gasteiger partial charge in [0.2, 0.25) is 15.9 Å². The van der Waals surface area contributed by atoms with Crippen molar-refractivity contribution in [2.24, 2.45) is 5.92 Å². The molecule has 1 N–H and O–H groups in total. The van der Waals surface area contributed by atoms with Crippen LogP contribution in [0.5, 0.6) is 0 Å². The Morgan fingerprint density at radius 3 is 2.52 bits per heavy atom. The Balaban J connectivity index is 1.63. The predicted molar refractivity (Wildman–Crippen MR) is 101 cm³/mol. The fraction of sp³-hybridized carbons (Fsp3) is 0.526. The monoisotopic (exact) mass is 362 g/mol. The number of sulfonamides is 1. The molecule has 1 aliphatic heterocycles. The van der Waals surface area contributed by atoms with Crippen molar-refractivity contribution in [3.8, 4) is 0 Å². The molecule has 136 valence electrons. The first kappa shape index (κ1) is 18.0. The van der Waals surface area contributed by atoms with E-state index in [4.69, 9.17) is 0 Å². The van der Waals surface area contributed by atoms with Crippen molar-refractivity contribution in [2.45, 2.75) is 44.6 Å². The summed E-state index contributed by atoms with van der Waals surface area (Å²) in [5.41, 5.74) is 1.40. The summed E-state index contributed by atoms with van der Waals surface area (Å²) in [6, 6.07) is 7.42. The van der Waals surface area contributed by atoms with E-state index in [1.807, 2.05) is 0 Å². The number of hydrogen-bond acceptors (Lipinski definition) is 3. The van der Waals surface area contributed by atoms with Crippen LogP contribution in [0.15, 0.2) is 30.3 Å². The van der Waals surface area contributed by atoms with E-state index >= 15 is 0 Å². The average Bonchev–Trinajstić information content (AvgIpc) is 2.59. The van der Waals surface area contributed by atoms with Gasteiger partial charge in [-0.1, -0.05) is 25.0 Å². The molecule has 2 unspecified atom stereocenters. The normalized spacial score (nSPS) is 24.1. The quantitative estimate of drug-likeness (QED) is 0.836. The molecule has 0 aromatic heterocycles. The number of nitrogens with one attached hydrogen (secondary N) is 1. The number of carbonyl (C=O) groups excluding carboxylic acids is 1. The van der Waals surface area contributed by atoms with Gasteiger partial charge >= 0.3 is 0 Å². The van der Waals surface area contributed by atoms with E-state index in [1.54, 1.807) is 36.4 Å². The van der Waals surface area contributed by atoms with E-state index in [9.17, 15) is 13.2 Å². The lowest BCUT2D eigenvalue weighted by atomic mass is 9.78. The second-order valence-corrected chi connectivity index (χ2v) is 8.86. The molecule has 5 nitrogen and oxygen atoms in total. The van der Waals surface area contributed by atoms with Gasteiger partial charge in [-0.05, 0) is 55.4 Å². The van der Waals surface area contributed by atoms with E-state index in [-0.39, 0.29) is 5.91 Å². The first-order valence-corrected chi connectivity index (χ1v) is 10.9. The number of piperidine rings is 1. The number of rotatable bonds is 4. The predicted octanol–water partition coefficient (Wildman–Crippen LogP) is 3.25. The molecule has 1 amide bonds. The summed E-state index contributed by atoms with van der Waals surface area (Å²) in [4.78, 5) is 14.7. The van der Waals surface area contributed by atoms with Crippen LogP contribution in [-0.2, 0) is 14.8 Å². The molecule has 1 aromatic carbocycles. The highest BCUT2D eigenvalue weighted by Gasteiger charge is 2.34. The molecule has 6 heteroatoms.